The summed E-state index contributed by atoms with van der Waals surface area (Å²) < 4.78 is 40.9. The molecular weight excluding hydrogens is 359 g/mol. The molecule has 1 saturated carbocycles. The molecule has 2 aromatic heterocycles. The van der Waals surface area contributed by atoms with Crippen LogP contribution in [0, 0.1) is 0 Å². The van der Waals surface area contributed by atoms with Crippen molar-refractivity contribution in [3.63, 3.8) is 0 Å². The third-order valence-corrected chi connectivity index (χ3v) is 4.80. The number of alkyl halides is 3. The Bertz CT molecular complexity index is 809. The fourth-order valence-electron chi connectivity index (χ4n) is 3.03. The van der Waals surface area contributed by atoms with Gasteiger partial charge in [-0.15, -0.1) is 0 Å². The summed E-state index contributed by atoms with van der Waals surface area (Å²) in [7, 11) is 0. The first-order valence-corrected chi connectivity index (χ1v) is 9.32. The quantitative estimate of drug-likeness (QED) is 0.712. The summed E-state index contributed by atoms with van der Waals surface area (Å²) in [6.45, 7) is 7.30. The molecule has 0 unspecified atom stereocenters. The summed E-state index contributed by atoms with van der Waals surface area (Å²) in [5.41, 5.74) is -0.473. The highest BCUT2D eigenvalue weighted by Gasteiger charge is 2.37. The van der Waals surface area contributed by atoms with Gasteiger partial charge in [0.1, 0.15) is 5.69 Å². The Morgan fingerprint density at radius 2 is 2.00 bits per heavy atom. The highest BCUT2D eigenvalue weighted by atomic mass is 19.4. The Balaban J connectivity index is 1.74. The number of nitrogens with one attached hydrogen (secondary N) is 1. The van der Waals surface area contributed by atoms with Crippen molar-refractivity contribution < 1.29 is 18.0 Å². The van der Waals surface area contributed by atoms with Gasteiger partial charge in [0.05, 0.1) is 0 Å². The number of fused-ring (bicyclic) bond motifs is 1. The molecule has 6 nitrogen and oxygen atoms in total. The molecule has 0 bridgehead atoms. The highest BCUT2D eigenvalue weighted by Crippen LogP contribution is 2.41. The van der Waals surface area contributed by atoms with Crippen molar-refractivity contribution in [1.82, 2.24) is 24.8 Å². The molecule has 0 saturated heterocycles. The van der Waals surface area contributed by atoms with Gasteiger partial charge in [0.25, 0.3) is 5.91 Å². The van der Waals surface area contributed by atoms with E-state index in [4.69, 9.17) is 0 Å². The molecule has 1 amide bonds. The minimum Gasteiger partial charge on any atom is -0.351 e. The van der Waals surface area contributed by atoms with Crippen molar-refractivity contribution in [2.24, 2.45) is 0 Å². The third kappa shape index (κ3) is 4.58. The Morgan fingerprint density at radius 1 is 1.30 bits per heavy atom. The predicted molar refractivity (Wildman–Crippen MR) is 94.7 cm³/mol. The molecule has 148 valence electrons. The van der Waals surface area contributed by atoms with Gasteiger partial charge >= 0.3 is 6.18 Å². The number of halogens is 3. The fourth-order valence-corrected chi connectivity index (χ4v) is 3.03. The maximum atomic E-state index is 13.4. The van der Waals surface area contributed by atoms with Crippen molar-refractivity contribution in [2.45, 2.75) is 45.2 Å². The van der Waals surface area contributed by atoms with Crippen molar-refractivity contribution in [3.05, 3.63) is 29.2 Å². The van der Waals surface area contributed by atoms with Crippen LogP contribution in [0.2, 0.25) is 0 Å². The van der Waals surface area contributed by atoms with Gasteiger partial charge in [-0.1, -0.05) is 13.8 Å². The van der Waals surface area contributed by atoms with Crippen LogP contribution in [0.3, 0.4) is 0 Å². The third-order valence-electron chi connectivity index (χ3n) is 4.80. The lowest BCUT2D eigenvalue weighted by Crippen LogP contribution is -2.30. The van der Waals surface area contributed by atoms with Gasteiger partial charge in [0, 0.05) is 24.2 Å². The maximum Gasteiger partial charge on any atom is 0.433 e. The number of amides is 1. The van der Waals surface area contributed by atoms with Crippen molar-refractivity contribution >= 4 is 11.6 Å². The molecule has 0 aliphatic heterocycles. The number of carbonyl (C=O) groups is 1. The highest BCUT2D eigenvalue weighted by molar-refractivity contribution is 5.93. The zero-order valence-electron chi connectivity index (χ0n) is 15.5. The fraction of sp³-hybridized carbons (Fsp3) is 0.611. The molecule has 27 heavy (non-hydrogen) atoms. The summed E-state index contributed by atoms with van der Waals surface area (Å²) in [5.74, 6) is -0.413. The topological polar surface area (TPSA) is 62.5 Å². The van der Waals surface area contributed by atoms with Crippen molar-refractivity contribution in [3.8, 4) is 0 Å². The summed E-state index contributed by atoms with van der Waals surface area (Å²) in [6.07, 6.45) is -2.12. The lowest BCUT2D eigenvalue weighted by atomic mass is 10.2. The minimum absolute atomic E-state index is 0.0520. The molecule has 1 fully saturated rings. The van der Waals surface area contributed by atoms with E-state index in [1.54, 1.807) is 0 Å². The molecule has 1 N–H and O–H groups in total. The second kappa shape index (κ2) is 7.84. The SMILES string of the molecule is CCN(CC)CCCNC(=O)c1cc2nc(C3CC3)cc(C(F)(F)F)n2n1. The van der Waals surface area contributed by atoms with Crippen LogP contribution >= 0.6 is 0 Å². The monoisotopic (exact) mass is 383 g/mol. The Labute approximate surface area is 155 Å². The zero-order chi connectivity index (χ0) is 19.6. The molecular formula is C18H24F3N5O. The standard InChI is InChI=1S/C18H24F3N5O/c1-3-25(4-2)9-5-8-22-17(27)14-11-16-23-13(12-6-7-12)10-15(18(19,20)21)26(16)24-14/h10-12H,3-9H2,1-2H3,(H,22,27). The molecule has 0 radical (unpaired) electrons. The van der Waals surface area contributed by atoms with Gasteiger partial charge in [0.2, 0.25) is 0 Å². The van der Waals surface area contributed by atoms with Crippen LogP contribution < -0.4 is 5.32 Å². The van der Waals surface area contributed by atoms with Gasteiger partial charge in [-0.25, -0.2) is 9.50 Å². The number of aromatic nitrogens is 3. The van der Waals surface area contributed by atoms with Crippen LogP contribution in [0.25, 0.3) is 5.65 Å². The second-order valence-corrected chi connectivity index (χ2v) is 6.77. The van der Waals surface area contributed by atoms with Crippen molar-refractivity contribution in [2.75, 3.05) is 26.2 Å². The van der Waals surface area contributed by atoms with Gasteiger partial charge in [0.15, 0.2) is 11.3 Å². The first-order chi connectivity index (χ1) is 12.8. The maximum absolute atomic E-state index is 13.4. The van der Waals surface area contributed by atoms with E-state index in [2.05, 4.69) is 34.1 Å². The van der Waals surface area contributed by atoms with Gasteiger partial charge in [-0.05, 0) is 45.0 Å². The Morgan fingerprint density at radius 3 is 2.59 bits per heavy atom. The first-order valence-electron chi connectivity index (χ1n) is 9.32. The van der Waals surface area contributed by atoms with E-state index in [0.29, 0.717) is 12.2 Å². The normalized spacial score (nSPS) is 14.9. The number of carbonyl (C=O) groups excluding carboxylic acids is 1. The Kier molecular flexibility index (Phi) is 5.69. The summed E-state index contributed by atoms with van der Waals surface area (Å²) in [5, 5.41) is 6.58. The van der Waals surface area contributed by atoms with Gasteiger partial charge < -0.3 is 10.2 Å². The smallest absolute Gasteiger partial charge is 0.351 e. The minimum atomic E-state index is -4.56. The van der Waals surface area contributed by atoms with E-state index >= 15 is 0 Å². The van der Waals surface area contributed by atoms with E-state index in [9.17, 15) is 18.0 Å². The van der Waals surface area contributed by atoms with E-state index in [1.807, 2.05) is 0 Å². The van der Waals surface area contributed by atoms with Crippen LogP contribution in [-0.4, -0.2) is 51.6 Å². The predicted octanol–water partition coefficient (Wildman–Crippen LogP) is 3.09. The van der Waals surface area contributed by atoms with Crippen molar-refractivity contribution in [1.29, 1.82) is 0 Å². The van der Waals surface area contributed by atoms with Crippen LogP contribution in [0.5, 0.6) is 0 Å². The van der Waals surface area contributed by atoms with Crippen LogP contribution in [-0.2, 0) is 6.18 Å². The largest absolute Gasteiger partial charge is 0.433 e. The van der Waals surface area contributed by atoms with Gasteiger partial charge in [-0.3, -0.25) is 4.79 Å². The lowest BCUT2D eigenvalue weighted by Gasteiger charge is -2.17. The summed E-state index contributed by atoms with van der Waals surface area (Å²) >= 11 is 0. The number of nitrogens with zero attached hydrogens (tertiary/aromatic N) is 4. The van der Waals surface area contributed by atoms with E-state index in [0.717, 1.165) is 49.5 Å². The molecule has 9 heteroatoms. The molecule has 0 atom stereocenters. The first kappa shape index (κ1) is 19.6. The molecule has 3 rings (SSSR count). The number of rotatable bonds is 8. The molecule has 2 heterocycles. The van der Waals surface area contributed by atoms with Gasteiger partial charge in [-0.2, -0.15) is 18.3 Å². The molecule has 0 aromatic carbocycles. The summed E-state index contributed by atoms with van der Waals surface area (Å²) in [4.78, 5) is 18.8. The molecule has 0 spiro atoms. The molecule has 2 aromatic rings. The molecule has 1 aliphatic carbocycles. The van der Waals surface area contributed by atoms with E-state index in [-0.39, 0.29) is 17.3 Å². The van der Waals surface area contributed by atoms with E-state index in [1.165, 1.54) is 6.07 Å². The molecule has 1 aliphatic rings. The number of hydrogen-bond donors (Lipinski definition) is 1. The Hall–Kier alpha value is -2.16. The lowest BCUT2D eigenvalue weighted by molar-refractivity contribution is -0.142. The van der Waals surface area contributed by atoms with E-state index < -0.39 is 17.8 Å². The second-order valence-electron chi connectivity index (χ2n) is 6.77. The van der Waals surface area contributed by atoms with Crippen LogP contribution in [0.1, 0.15) is 60.9 Å². The number of hydrogen-bond acceptors (Lipinski definition) is 4. The average Bonchev–Trinajstić information content (AvgIpc) is 3.38. The van der Waals surface area contributed by atoms with Crippen LogP contribution in [0.4, 0.5) is 13.2 Å². The average molecular weight is 383 g/mol. The zero-order valence-corrected chi connectivity index (χ0v) is 15.5. The summed E-state index contributed by atoms with van der Waals surface area (Å²) in [6, 6.07) is 2.37. The van der Waals surface area contributed by atoms with Crippen LogP contribution in [0.15, 0.2) is 12.1 Å².